The van der Waals surface area contributed by atoms with E-state index in [1.54, 1.807) is 24.3 Å². The number of nitrogens with one attached hydrogen (secondary N) is 1. The minimum absolute atomic E-state index is 0.182. The minimum Gasteiger partial charge on any atom is -0.464 e. The first kappa shape index (κ1) is 22.6. The molecule has 0 aliphatic rings. The van der Waals surface area contributed by atoms with Crippen molar-refractivity contribution < 1.29 is 14.3 Å². The number of terminal acetylenes is 1. The second kappa shape index (κ2) is 12.0. The molecule has 30 heavy (non-hydrogen) atoms. The maximum atomic E-state index is 12.1. The largest absolute Gasteiger partial charge is 0.464 e. The van der Waals surface area contributed by atoms with Crippen molar-refractivity contribution >= 4 is 28.9 Å². The summed E-state index contributed by atoms with van der Waals surface area (Å²) in [6.45, 7) is 0.117. The maximum Gasteiger partial charge on any atom is 0.325 e. The molecule has 7 nitrogen and oxygen atoms in total. The number of amides is 1. The number of unbranched alkanes of at least 4 members (excludes halogenated alkanes) is 2. The lowest BCUT2D eigenvalue weighted by Gasteiger charge is -2.11. The Balaban J connectivity index is 1.79. The molecule has 0 bridgehead atoms. The van der Waals surface area contributed by atoms with Gasteiger partial charge in [-0.3, -0.25) is 9.59 Å². The van der Waals surface area contributed by atoms with Crippen LogP contribution >= 0.6 is 0 Å². The van der Waals surface area contributed by atoms with Crippen molar-refractivity contribution in [1.82, 2.24) is 5.32 Å². The summed E-state index contributed by atoms with van der Waals surface area (Å²) in [5.74, 6) is 1.69. The van der Waals surface area contributed by atoms with E-state index in [2.05, 4.69) is 21.5 Å². The van der Waals surface area contributed by atoms with Gasteiger partial charge in [-0.25, -0.2) is 0 Å². The quantitative estimate of drug-likeness (QED) is 0.277. The van der Waals surface area contributed by atoms with Crippen LogP contribution in [0.15, 0.2) is 58.8 Å². The first-order valence-electron chi connectivity index (χ1n) is 9.66. The number of hydrogen-bond donors (Lipinski definition) is 1. The summed E-state index contributed by atoms with van der Waals surface area (Å²) >= 11 is 0. The zero-order valence-corrected chi connectivity index (χ0v) is 17.3. The lowest BCUT2D eigenvalue weighted by atomic mass is 10.2. The number of azo groups is 1. The van der Waals surface area contributed by atoms with Crippen molar-refractivity contribution in [2.45, 2.75) is 19.3 Å². The van der Waals surface area contributed by atoms with Gasteiger partial charge in [0.2, 0.25) is 0 Å². The topological polar surface area (TPSA) is 83.4 Å². The van der Waals surface area contributed by atoms with Crippen molar-refractivity contribution in [3.63, 3.8) is 0 Å². The van der Waals surface area contributed by atoms with Gasteiger partial charge in [-0.2, -0.15) is 10.2 Å². The fraction of sp³-hybridized carbons (Fsp3) is 0.304. The number of nitrogens with zero attached hydrogens (tertiary/aromatic N) is 3. The van der Waals surface area contributed by atoms with Crippen LogP contribution in [0.25, 0.3) is 0 Å². The molecule has 1 amide bonds. The Hall–Kier alpha value is -3.66. The first-order valence-corrected chi connectivity index (χ1v) is 9.66. The van der Waals surface area contributed by atoms with Crippen molar-refractivity contribution in [2.75, 3.05) is 32.1 Å². The highest BCUT2D eigenvalue weighted by molar-refractivity contribution is 5.96. The van der Waals surface area contributed by atoms with E-state index in [1.807, 2.05) is 43.3 Å². The Morgan fingerprint density at radius 1 is 1.00 bits per heavy atom. The monoisotopic (exact) mass is 406 g/mol. The fourth-order valence-corrected chi connectivity index (χ4v) is 2.43. The van der Waals surface area contributed by atoms with Crippen LogP contribution in [0.2, 0.25) is 0 Å². The molecule has 0 saturated carbocycles. The average molecular weight is 406 g/mol. The van der Waals surface area contributed by atoms with Crippen molar-refractivity contribution in [1.29, 1.82) is 0 Å². The molecule has 0 saturated heterocycles. The van der Waals surface area contributed by atoms with Crippen molar-refractivity contribution in [3.05, 3.63) is 54.1 Å². The molecular weight excluding hydrogens is 380 g/mol. The van der Waals surface area contributed by atoms with Gasteiger partial charge in [0, 0.05) is 31.8 Å². The van der Waals surface area contributed by atoms with E-state index < -0.39 is 5.97 Å². The number of carbonyl (C=O) groups is 2. The highest BCUT2D eigenvalue weighted by atomic mass is 16.5. The van der Waals surface area contributed by atoms with E-state index in [9.17, 15) is 9.59 Å². The number of benzene rings is 2. The number of carbonyl (C=O) groups excluding carboxylic acids is 2. The summed E-state index contributed by atoms with van der Waals surface area (Å²) < 4.78 is 5.04. The normalized spacial score (nSPS) is 10.4. The van der Waals surface area contributed by atoms with Crippen LogP contribution in [0.1, 0.15) is 29.6 Å². The van der Waals surface area contributed by atoms with E-state index in [1.165, 1.54) is 0 Å². The van der Waals surface area contributed by atoms with Gasteiger partial charge in [0.05, 0.1) is 18.0 Å². The second-order valence-electron chi connectivity index (χ2n) is 6.72. The first-order chi connectivity index (χ1) is 14.5. The third-order valence-electron chi connectivity index (χ3n) is 4.15. The molecule has 0 aliphatic heterocycles. The SMILES string of the molecule is C#CCCCCOC(=O)CNC(=O)c1ccc(N=Nc2ccc(N(C)C)cc2)cc1. The van der Waals surface area contributed by atoms with Gasteiger partial charge in [0.25, 0.3) is 5.91 Å². The predicted molar refractivity (Wildman–Crippen MR) is 117 cm³/mol. The molecule has 0 spiro atoms. The number of rotatable bonds is 10. The molecule has 2 aromatic carbocycles. The second-order valence-corrected chi connectivity index (χ2v) is 6.72. The van der Waals surface area contributed by atoms with E-state index in [-0.39, 0.29) is 12.5 Å². The average Bonchev–Trinajstić information content (AvgIpc) is 2.76. The molecule has 0 fully saturated rings. The molecule has 156 valence electrons. The third kappa shape index (κ3) is 7.76. The van der Waals surface area contributed by atoms with Crippen LogP contribution in [-0.4, -0.2) is 39.1 Å². The molecule has 0 atom stereocenters. The molecule has 2 aromatic rings. The van der Waals surface area contributed by atoms with Crippen LogP contribution in [-0.2, 0) is 9.53 Å². The van der Waals surface area contributed by atoms with Crippen molar-refractivity contribution in [3.8, 4) is 12.3 Å². The molecule has 2 rings (SSSR count). The van der Waals surface area contributed by atoms with Crippen LogP contribution in [0.4, 0.5) is 17.1 Å². The number of anilines is 1. The predicted octanol–water partition coefficient (Wildman–Crippen LogP) is 4.24. The Kier molecular flexibility index (Phi) is 9.07. The van der Waals surface area contributed by atoms with Crippen molar-refractivity contribution in [2.24, 2.45) is 10.2 Å². The molecule has 0 aromatic heterocycles. The van der Waals surface area contributed by atoms with Crippen LogP contribution in [0, 0.1) is 12.3 Å². The molecule has 1 N–H and O–H groups in total. The highest BCUT2D eigenvalue weighted by Crippen LogP contribution is 2.21. The van der Waals surface area contributed by atoms with E-state index >= 15 is 0 Å². The van der Waals surface area contributed by atoms with Gasteiger partial charge in [-0.15, -0.1) is 12.3 Å². The van der Waals surface area contributed by atoms with E-state index in [0.29, 0.717) is 30.7 Å². The van der Waals surface area contributed by atoms with Gasteiger partial charge in [-0.1, -0.05) is 0 Å². The Labute approximate surface area is 177 Å². The lowest BCUT2D eigenvalue weighted by Crippen LogP contribution is -2.30. The molecule has 7 heteroatoms. The van der Waals surface area contributed by atoms with Crippen LogP contribution in [0.5, 0.6) is 0 Å². The maximum absolute atomic E-state index is 12.1. The summed E-state index contributed by atoms with van der Waals surface area (Å²) in [6.07, 6.45) is 7.33. The number of hydrogen-bond acceptors (Lipinski definition) is 6. The molecule has 0 aliphatic carbocycles. The van der Waals surface area contributed by atoms with Gasteiger partial charge in [0.15, 0.2) is 0 Å². The minimum atomic E-state index is -0.477. The van der Waals surface area contributed by atoms with Gasteiger partial charge < -0.3 is 15.0 Å². The molecular formula is C23H26N4O3. The summed E-state index contributed by atoms with van der Waals surface area (Å²) in [7, 11) is 3.94. The Morgan fingerprint density at radius 3 is 2.17 bits per heavy atom. The summed E-state index contributed by atoms with van der Waals surface area (Å²) in [5.41, 5.74) is 2.86. The van der Waals surface area contributed by atoms with Crippen LogP contribution < -0.4 is 10.2 Å². The zero-order chi connectivity index (χ0) is 21.8. The zero-order valence-electron chi connectivity index (χ0n) is 17.3. The summed E-state index contributed by atoms with van der Waals surface area (Å²) in [4.78, 5) is 25.8. The van der Waals surface area contributed by atoms with Gasteiger partial charge >= 0.3 is 5.97 Å². The molecule has 0 radical (unpaired) electrons. The van der Waals surface area contributed by atoms with E-state index in [4.69, 9.17) is 11.2 Å². The fourth-order valence-electron chi connectivity index (χ4n) is 2.43. The third-order valence-corrected chi connectivity index (χ3v) is 4.15. The van der Waals surface area contributed by atoms with Gasteiger partial charge in [0.1, 0.15) is 6.54 Å². The number of ether oxygens (including phenoxy) is 1. The molecule has 0 heterocycles. The van der Waals surface area contributed by atoms with Crippen LogP contribution in [0.3, 0.4) is 0 Å². The Bertz CT molecular complexity index is 898. The van der Waals surface area contributed by atoms with Gasteiger partial charge in [-0.05, 0) is 61.4 Å². The smallest absolute Gasteiger partial charge is 0.325 e. The highest BCUT2D eigenvalue weighted by Gasteiger charge is 2.09. The molecule has 0 unspecified atom stereocenters. The summed E-state index contributed by atoms with van der Waals surface area (Å²) in [6, 6.07) is 14.3. The Morgan fingerprint density at radius 2 is 1.60 bits per heavy atom. The summed E-state index contributed by atoms with van der Waals surface area (Å²) in [5, 5.41) is 10.9. The number of esters is 1. The standard InChI is InChI=1S/C23H26N4O3/c1-4-5-6-7-16-30-22(28)17-24-23(29)18-8-10-19(11-9-18)25-26-20-12-14-21(15-13-20)27(2)3/h1,8-15H,5-7,16-17H2,2-3H3,(H,24,29). The lowest BCUT2D eigenvalue weighted by molar-refractivity contribution is -0.142. The van der Waals surface area contributed by atoms with E-state index in [0.717, 1.165) is 17.8 Å².